The molecule has 1 unspecified atom stereocenters. The molecule has 0 spiro atoms. The van der Waals surface area contributed by atoms with Gasteiger partial charge >= 0.3 is 18.9 Å². The molecule has 0 aromatic heterocycles. The first-order chi connectivity index (χ1) is 2.89. The molecule has 1 aliphatic carbocycles. The molecule has 7 heavy (non-hydrogen) atoms. The van der Waals surface area contributed by atoms with E-state index in [4.69, 9.17) is 0 Å². The van der Waals surface area contributed by atoms with Crippen LogP contribution in [0.15, 0.2) is 6.08 Å². The van der Waals surface area contributed by atoms with E-state index in [0.29, 0.717) is 0 Å². The first-order valence-corrected chi connectivity index (χ1v) is 2.47. The van der Waals surface area contributed by atoms with Gasteiger partial charge in [0.1, 0.15) is 0 Å². The second-order valence-electron chi connectivity index (χ2n) is 1.85. The van der Waals surface area contributed by atoms with Gasteiger partial charge in [-0.1, -0.05) is 19.8 Å². The molecule has 1 heteroatoms. The van der Waals surface area contributed by atoms with Gasteiger partial charge in [-0.05, 0) is 0 Å². The quantitative estimate of drug-likeness (QED) is 0.257. The molecule has 0 amide bonds. The molecule has 0 saturated heterocycles. The monoisotopic (exact) mass is 88.1 g/mol. The third kappa shape index (κ3) is 2.21. The Morgan fingerprint density at radius 3 is 2.57 bits per heavy atom. The molecule has 1 aliphatic rings. The number of rotatable bonds is 0. The van der Waals surface area contributed by atoms with Crippen molar-refractivity contribution in [3.8, 4) is 0 Å². The van der Waals surface area contributed by atoms with Crippen molar-refractivity contribution in [2.24, 2.45) is 5.92 Å². The maximum atomic E-state index is 3.19. The van der Waals surface area contributed by atoms with Gasteiger partial charge in [-0.2, -0.15) is 5.92 Å². The van der Waals surface area contributed by atoms with Gasteiger partial charge < -0.3 is 6.08 Å². The van der Waals surface area contributed by atoms with Crippen molar-refractivity contribution in [1.82, 2.24) is 0 Å². The fourth-order valence-electron chi connectivity index (χ4n) is 0.701. The van der Waals surface area contributed by atoms with Crippen LogP contribution in [0.5, 0.6) is 0 Å². The SMILES string of the molecule is CC1[C-]=CCC1.[Li+]. The molecule has 1 rings (SSSR count). The fourth-order valence-corrected chi connectivity index (χ4v) is 0.701. The minimum Gasteiger partial charge on any atom is -0.498 e. The van der Waals surface area contributed by atoms with Crippen molar-refractivity contribution >= 4 is 0 Å². The van der Waals surface area contributed by atoms with Crippen LogP contribution in [0.3, 0.4) is 0 Å². The second-order valence-corrected chi connectivity index (χ2v) is 1.85. The van der Waals surface area contributed by atoms with Crippen molar-refractivity contribution < 1.29 is 18.9 Å². The summed E-state index contributed by atoms with van der Waals surface area (Å²) in [5.74, 6) is 0.741. The predicted molar refractivity (Wildman–Crippen MR) is 26.2 cm³/mol. The topological polar surface area (TPSA) is 0 Å². The molecule has 0 heterocycles. The van der Waals surface area contributed by atoms with Crippen molar-refractivity contribution in [3.63, 3.8) is 0 Å². The Labute approximate surface area is 57.2 Å². The molecule has 0 fully saturated rings. The number of hydrogen-bond acceptors (Lipinski definition) is 0. The molecule has 0 saturated carbocycles. The average molecular weight is 88.1 g/mol. The Balaban J connectivity index is 0.000000360. The van der Waals surface area contributed by atoms with E-state index in [2.05, 4.69) is 19.1 Å². The molecular weight excluding hydrogens is 79.0 g/mol. The van der Waals surface area contributed by atoms with Crippen LogP contribution in [0.1, 0.15) is 19.8 Å². The first-order valence-electron chi connectivity index (χ1n) is 2.47. The van der Waals surface area contributed by atoms with Gasteiger partial charge in [0.2, 0.25) is 0 Å². The van der Waals surface area contributed by atoms with Crippen LogP contribution in [0.4, 0.5) is 0 Å². The average Bonchev–Trinajstić information content (AvgIpc) is 1.86. The van der Waals surface area contributed by atoms with Crippen LogP contribution in [-0.2, 0) is 0 Å². The van der Waals surface area contributed by atoms with Gasteiger partial charge in [-0.15, -0.1) is 0 Å². The summed E-state index contributed by atoms with van der Waals surface area (Å²) in [5.41, 5.74) is 0. The molecule has 0 radical (unpaired) electrons. The van der Waals surface area contributed by atoms with E-state index in [1.807, 2.05) is 0 Å². The molecule has 0 N–H and O–H groups in total. The molecular formula is C6H9Li. The normalized spacial score (nSPS) is 27.3. The van der Waals surface area contributed by atoms with Crippen LogP contribution in [0.25, 0.3) is 0 Å². The maximum absolute atomic E-state index is 3.19. The minimum atomic E-state index is 0. The van der Waals surface area contributed by atoms with E-state index < -0.39 is 0 Å². The zero-order valence-corrected chi connectivity index (χ0v) is 5.07. The molecule has 0 aliphatic heterocycles. The summed E-state index contributed by atoms with van der Waals surface area (Å²) in [6.07, 6.45) is 7.89. The molecule has 0 nitrogen and oxygen atoms in total. The largest absolute Gasteiger partial charge is 1.00 e. The molecule has 0 bridgehead atoms. The molecule has 0 aromatic carbocycles. The van der Waals surface area contributed by atoms with Gasteiger partial charge in [0.25, 0.3) is 0 Å². The standard InChI is InChI=1S/C6H9.Li/c1-6-4-2-3-5-6;/h2,6H,3,5H2,1H3;/q-1;+1. The van der Waals surface area contributed by atoms with Gasteiger partial charge in [0.05, 0.1) is 0 Å². The van der Waals surface area contributed by atoms with Gasteiger partial charge in [-0.25, -0.2) is 0 Å². The Kier molecular flexibility index (Phi) is 3.52. The third-order valence-electron chi connectivity index (χ3n) is 1.15. The minimum absolute atomic E-state index is 0. The number of allylic oxidation sites excluding steroid dienone is 2. The van der Waals surface area contributed by atoms with Crippen molar-refractivity contribution in [3.05, 3.63) is 12.2 Å². The van der Waals surface area contributed by atoms with Gasteiger partial charge in [-0.3, -0.25) is 6.08 Å². The molecule has 0 aromatic rings. The molecule has 1 atom stereocenters. The van der Waals surface area contributed by atoms with E-state index in [1.54, 1.807) is 0 Å². The summed E-state index contributed by atoms with van der Waals surface area (Å²) in [5, 5.41) is 0. The van der Waals surface area contributed by atoms with E-state index in [1.165, 1.54) is 12.8 Å². The van der Waals surface area contributed by atoms with Crippen molar-refractivity contribution in [1.29, 1.82) is 0 Å². The smallest absolute Gasteiger partial charge is 0.498 e. The first kappa shape index (κ1) is 7.34. The van der Waals surface area contributed by atoms with E-state index in [9.17, 15) is 0 Å². The van der Waals surface area contributed by atoms with E-state index in [0.717, 1.165) is 5.92 Å². The van der Waals surface area contributed by atoms with Crippen LogP contribution in [-0.4, -0.2) is 0 Å². The van der Waals surface area contributed by atoms with Gasteiger partial charge in [0.15, 0.2) is 0 Å². The summed E-state index contributed by atoms with van der Waals surface area (Å²) < 4.78 is 0. The summed E-state index contributed by atoms with van der Waals surface area (Å²) >= 11 is 0. The fraction of sp³-hybridized carbons (Fsp3) is 0.667. The zero-order chi connectivity index (χ0) is 4.41. The summed E-state index contributed by atoms with van der Waals surface area (Å²) in [6.45, 7) is 2.20. The Hall–Kier alpha value is 0.337. The molecule has 34 valence electrons. The van der Waals surface area contributed by atoms with E-state index in [-0.39, 0.29) is 18.9 Å². The summed E-state index contributed by atoms with van der Waals surface area (Å²) in [6, 6.07) is 0. The summed E-state index contributed by atoms with van der Waals surface area (Å²) in [4.78, 5) is 0. The van der Waals surface area contributed by atoms with Crippen LogP contribution >= 0.6 is 0 Å². The maximum Gasteiger partial charge on any atom is 1.00 e. The van der Waals surface area contributed by atoms with Gasteiger partial charge in [0, 0.05) is 0 Å². The second kappa shape index (κ2) is 3.35. The predicted octanol–water partition coefficient (Wildman–Crippen LogP) is -1.22. The van der Waals surface area contributed by atoms with Crippen LogP contribution < -0.4 is 18.9 Å². The van der Waals surface area contributed by atoms with Crippen molar-refractivity contribution in [2.75, 3.05) is 0 Å². The number of hydrogen-bond donors (Lipinski definition) is 0. The zero-order valence-electron chi connectivity index (χ0n) is 5.07. The summed E-state index contributed by atoms with van der Waals surface area (Å²) in [7, 11) is 0. The third-order valence-corrected chi connectivity index (χ3v) is 1.15. The van der Waals surface area contributed by atoms with E-state index >= 15 is 0 Å². The Morgan fingerprint density at radius 2 is 2.43 bits per heavy atom. The Bertz CT molecular complexity index is 66.6. The van der Waals surface area contributed by atoms with Crippen LogP contribution in [0, 0.1) is 12.0 Å². The van der Waals surface area contributed by atoms with Crippen LogP contribution in [0.2, 0.25) is 0 Å². The Morgan fingerprint density at radius 1 is 1.71 bits per heavy atom. The van der Waals surface area contributed by atoms with Crippen molar-refractivity contribution in [2.45, 2.75) is 19.8 Å².